The minimum absolute atomic E-state index is 0.116. The summed E-state index contributed by atoms with van der Waals surface area (Å²) in [5.74, 6) is -11.7. The third kappa shape index (κ3) is 2.71. The van der Waals surface area contributed by atoms with Gasteiger partial charge >= 0.3 is 0 Å². The molecule has 0 atom stereocenters. The van der Waals surface area contributed by atoms with E-state index in [1.54, 1.807) is 0 Å². The van der Waals surface area contributed by atoms with Crippen LogP contribution in [0.4, 0.5) is 27.6 Å². The highest BCUT2D eigenvalue weighted by Gasteiger charge is 2.27. The molecule has 1 aromatic rings. The first-order valence-corrected chi connectivity index (χ1v) is 6.38. The van der Waals surface area contributed by atoms with Crippen molar-refractivity contribution in [3.05, 3.63) is 29.1 Å². The minimum atomic E-state index is -4.16. The fourth-order valence-corrected chi connectivity index (χ4v) is 2.30. The number of benzene rings is 1. The molecule has 0 amide bonds. The lowest BCUT2D eigenvalue weighted by Crippen LogP contribution is -2.19. The van der Waals surface area contributed by atoms with Gasteiger partial charge in [0.05, 0.1) is 5.75 Å². The van der Waals surface area contributed by atoms with Crippen molar-refractivity contribution < 1.29 is 30.4 Å². The topological polar surface area (TPSA) is 46.2 Å². The van der Waals surface area contributed by atoms with Crippen molar-refractivity contribution in [1.82, 2.24) is 0 Å². The van der Waals surface area contributed by atoms with Gasteiger partial charge in [-0.3, -0.25) is 4.72 Å². The number of halogens is 5. The van der Waals surface area contributed by atoms with Gasteiger partial charge in [-0.15, -0.1) is 0 Å². The summed E-state index contributed by atoms with van der Waals surface area (Å²) in [5, 5.41) is 0. The van der Waals surface area contributed by atoms with Crippen molar-refractivity contribution >= 4 is 15.7 Å². The van der Waals surface area contributed by atoms with Gasteiger partial charge in [-0.05, 0) is 6.42 Å². The van der Waals surface area contributed by atoms with E-state index in [0.29, 0.717) is 0 Å². The zero-order chi connectivity index (χ0) is 14.1. The third-order valence-corrected chi connectivity index (χ3v) is 3.40. The average Bonchev–Trinajstić information content (AvgIpc) is 2.30. The molecule has 0 spiro atoms. The van der Waals surface area contributed by atoms with Crippen LogP contribution < -0.4 is 4.72 Å². The highest BCUT2D eigenvalue weighted by molar-refractivity contribution is 7.92. The lowest BCUT2D eigenvalue weighted by molar-refractivity contribution is 0.382. The zero-order valence-corrected chi connectivity index (χ0v) is 9.85. The number of sulfonamides is 1. The Kier molecular flexibility index (Phi) is 4.15. The number of nitrogens with one attached hydrogen (secondary N) is 1. The fourth-order valence-electron chi connectivity index (χ4n) is 1.17. The van der Waals surface area contributed by atoms with Gasteiger partial charge in [0.25, 0.3) is 0 Å². The highest BCUT2D eigenvalue weighted by Crippen LogP contribution is 2.27. The Morgan fingerprint density at radius 1 is 0.889 bits per heavy atom. The molecule has 0 aliphatic heterocycles. The lowest BCUT2D eigenvalue weighted by atomic mass is 10.2. The van der Waals surface area contributed by atoms with Crippen molar-refractivity contribution in [2.75, 3.05) is 10.5 Å². The summed E-state index contributed by atoms with van der Waals surface area (Å²) in [6.07, 6.45) is 0.116. The maximum atomic E-state index is 13.1. The van der Waals surface area contributed by atoms with Crippen molar-refractivity contribution in [3.8, 4) is 0 Å². The van der Waals surface area contributed by atoms with Gasteiger partial charge in [0.15, 0.2) is 23.3 Å². The Bertz CT molecular complexity index is 544. The molecular weight excluding hydrogens is 281 g/mol. The standard InChI is InChI=1S/C9H8F5NO2S/c1-2-3-18(16,17)15-9-7(13)5(11)4(10)6(12)8(9)14/h15H,2-3H2,1H3. The highest BCUT2D eigenvalue weighted by atomic mass is 32.2. The lowest BCUT2D eigenvalue weighted by Gasteiger charge is -2.10. The number of hydrogen-bond acceptors (Lipinski definition) is 2. The molecule has 9 heteroatoms. The molecule has 0 aromatic heterocycles. The van der Waals surface area contributed by atoms with Crippen LogP contribution in [0.25, 0.3) is 0 Å². The summed E-state index contributed by atoms with van der Waals surface area (Å²) in [4.78, 5) is 0. The molecule has 1 N–H and O–H groups in total. The van der Waals surface area contributed by atoms with Gasteiger partial charge in [-0.2, -0.15) is 0 Å². The Morgan fingerprint density at radius 2 is 1.28 bits per heavy atom. The number of anilines is 1. The van der Waals surface area contributed by atoms with Gasteiger partial charge in [-0.1, -0.05) is 6.92 Å². The second kappa shape index (κ2) is 5.09. The van der Waals surface area contributed by atoms with Crippen LogP contribution in [0.15, 0.2) is 0 Å². The first kappa shape index (κ1) is 14.7. The summed E-state index contributed by atoms with van der Waals surface area (Å²) < 4.78 is 88.3. The minimum Gasteiger partial charge on any atom is -0.278 e. The van der Waals surface area contributed by atoms with Crippen LogP contribution in [-0.4, -0.2) is 14.2 Å². The molecule has 0 aliphatic rings. The second-order valence-electron chi connectivity index (χ2n) is 3.37. The molecule has 0 unspecified atom stereocenters. The SMILES string of the molecule is CCCS(=O)(=O)Nc1c(F)c(F)c(F)c(F)c1F. The smallest absolute Gasteiger partial charge is 0.232 e. The fraction of sp³-hybridized carbons (Fsp3) is 0.333. The van der Waals surface area contributed by atoms with E-state index in [9.17, 15) is 30.4 Å². The predicted octanol–water partition coefficient (Wildman–Crippen LogP) is 2.53. The molecule has 0 saturated heterocycles. The van der Waals surface area contributed by atoms with Gasteiger partial charge in [0, 0.05) is 0 Å². The van der Waals surface area contributed by atoms with E-state index in [0.717, 1.165) is 0 Å². The molecule has 18 heavy (non-hydrogen) atoms. The maximum absolute atomic E-state index is 13.1. The van der Waals surface area contributed by atoms with E-state index >= 15 is 0 Å². The molecule has 0 heterocycles. The van der Waals surface area contributed by atoms with E-state index in [1.807, 2.05) is 0 Å². The quantitative estimate of drug-likeness (QED) is 0.526. The predicted molar refractivity (Wildman–Crippen MR) is 53.9 cm³/mol. The van der Waals surface area contributed by atoms with Crippen molar-refractivity contribution in [2.24, 2.45) is 0 Å². The number of rotatable bonds is 4. The zero-order valence-electron chi connectivity index (χ0n) is 9.03. The van der Waals surface area contributed by atoms with E-state index in [1.165, 1.54) is 11.6 Å². The van der Waals surface area contributed by atoms with Gasteiger partial charge in [0.1, 0.15) is 5.69 Å². The number of hydrogen-bond donors (Lipinski definition) is 1. The van der Waals surface area contributed by atoms with Crippen molar-refractivity contribution in [3.63, 3.8) is 0 Å². The summed E-state index contributed by atoms with van der Waals surface area (Å²) in [6, 6.07) is 0. The largest absolute Gasteiger partial charge is 0.278 e. The van der Waals surface area contributed by atoms with E-state index in [-0.39, 0.29) is 6.42 Å². The Balaban J connectivity index is 3.35. The molecule has 0 radical (unpaired) electrons. The summed E-state index contributed by atoms with van der Waals surface area (Å²) in [5.41, 5.74) is -1.57. The molecule has 0 saturated carbocycles. The normalized spacial score (nSPS) is 11.7. The molecule has 0 bridgehead atoms. The Hall–Kier alpha value is -1.38. The Morgan fingerprint density at radius 3 is 1.67 bits per heavy atom. The van der Waals surface area contributed by atoms with Crippen LogP contribution in [0.2, 0.25) is 0 Å². The van der Waals surface area contributed by atoms with Crippen molar-refractivity contribution in [2.45, 2.75) is 13.3 Å². The van der Waals surface area contributed by atoms with Gasteiger partial charge < -0.3 is 0 Å². The summed E-state index contributed by atoms with van der Waals surface area (Å²) >= 11 is 0. The van der Waals surface area contributed by atoms with Crippen LogP contribution >= 0.6 is 0 Å². The van der Waals surface area contributed by atoms with Gasteiger partial charge in [0.2, 0.25) is 15.8 Å². The molecular formula is C9H8F5NO2S. The summed E-state index contributed by atoms with van der Waals surface area (Å²) in [7, 11) is -4.16. The third-order valence-electron chi connectivity index (χ3n) is 1.94. The van der Waals surface area contributed by atoms with Crippen LogP contribution in [-0.2, 0) is 10.0 Å². The second-order valence-corrected chi connectivity index (χ2v) is 5.21. The van der Waals surface area contributed by atoms with Crippen LogP contribution in [0.3, 0.4) is 0 Å². The van der Waals surface area contributed by atoms with Crippen molar-refractivity contribution in [1.29, 1.82) is 0 Å². The average molecular weight is 289 g/mol. The first-order valence-electron chi connectivity index (χ1n) is 4.73. The van der Waals surface area contributed by atoms with Crippen LogP contribution in [0.5, 0.6) is 0 Å². The monoisotopic (exact) mass is 289 g/mol. The first-order chi connectivity index (χ1) is 8.21. The van der Waals surface area contributed by atoms with Gasteiger partial charge in [-0.25, -0.2) is 30.4 Å². The molecule has 0 fully saturated rings. The molecule has 1 aromatic carbocycles. The molecule has 0 aliphatic carbocycles. The summed E-state index contributed by atoms with van der Waals surface area (Å²) in [6.45, 7) is 1.47. The van der Waals surface area contributed by atoms with E-state index < -0.39 is 50.5 Å². The van der Waals surface area contributed by atoms with Crippen LogP contribution in [0.1, 0.15) is 13.3 Å². The van der Waals surface area contributed by atoms with E-state index in [2.05, 4.69) is 0 Å². The maximum Gasteiger partial charge on any atom is 0.232 e. The molecule has 3 nitrogen and oxygen atoms in total. The molecule has 102 valence electrons. The Labute approximate surface area is 99.7 Å². The molecule has 1 rings (SSSR count). The van der Waals surface area contributed by atoms with Crippen LogP contribution in [0, 0.1) is 29.1 Å². The van der Waals surface area contributed by atoms with E-state index in [4.69, 9.17) is 0 Å².